The van der Waals surface area contributed by atoms with E-state index in [1.54, 1.807) is 0 Å². The molecule has 4 aliphatic rings. The van der Waals surface area contributed by atoms with E-state index in [-0.39, 0.29) is 16.6 Å². The van der Waals surface area contributed by atoms with Crippen molar-refractivity contribution in [2.75, 3.05) is 0 Å². The summed E-state index contributed by atoms with van der Waals surface area (Å²) in [5.41, 5.74) is 2.82. The molecule has 3 nitrogen and oxygen atoms in total. The standard InChI is InChI=1S/C23H32O3/c1-13-10-16-17(6-8-22(4)18(16)7-9-23(22,5)26)21(3)11-15(12-24)20(25)14(2)19(13)21/h12,16-18,24,26H,1,6-11H2,2-5H3/b15-12-/t16-,17+,18+,21-,22+,23+/m1/s1. The molecule has 0 aliphatic heterocycles. The van der Waals surface area contributed by atoms with Crippen LogP contribution in [-0.2, 0) is 4.79 Å². The van der Waals surface area contributed by atoms with Gasteiger partial charge in [0, 0.05) is 16.6 Å². The van der Waals surface area contributed by atoms with Crippen molar-refractivity contribution in [2.45, 2.75) is 71.8 Å². The average Bonchev–Trinajstić information content (AvgIpc) is 2.81. The van der Waals surface area contributed by atoms with Crippen LogP contribution in [0.3, 0.4) is 0 Å². The number of ketones is 1. The summed E-state index contributed by atoms with van der Waals surface area (Å²) < 4.78 is 0. The van der Waals surface area contributed by atoms with E-state index >= 15 is 0 Å². The lowest BCUT2D eigenvalue weighted by molar-refractivity contribution is -0.118. The van der Waals surface area contributed by atoms with Crippen LogP contribution in [0.15, 0.2) is 35.1 Å². The number of hydrogen-bond acceptors (Lipinski definition) is 3. The quantitative estimate of drug-likeness (QED) is 0.480. The molecule has 0 spiro atoms. The second-order valence-electron chi connectivity index (χ2n) is 10.0. The van der Waals surface area contributed by atoms with Gasteiger partial charge in [-0.2, -0.15) is 0 Å². The molecule has 4 rings (SSSR count). The van der Waals surface area contributed by atoms with Gasteiger partial charge in [0.15, 0.2) is 5.78 Å². The lowest BCUT2D eigenvalue weighted by Crippen LogP contribution is -2.54. The maximum absolute atomic E-state index is 12.6. The maximum Gasteiger partial charge on any atom is 0.188 e. The number of carbonyl (C=O) groups excluding carboxylic acids is 1. The second kappa shape index (κ2) is 5.34. The molecule has 0 saturated heterocycles. The van der Waals surface area contributed by atoms with Crippen LogP contribution in [0.2, 0.25) is 0 Å². The third-order valence-electron chi connectivity index (χ3n) is 8.95. The summed E-state index contributed by atoms with van der Waals surface area (Å²) in [6.07, 6.45) is 6.63. The molecule has 142 valence electrons. The minimum Gasteiger partial charge on any atom is -0.515 e. The first kappa shape index (κ1) is 18.0. The van der Waals surface area contributed by atoms with Crippen molar-refractivity contribution >= 4 is 5.78 Å². The molecule has 0 heterocycles. The Morgan fingerprint density at radius 2 is 1.81 bits per heavy atom. The molecule has 3 fully saturated rings. The zero-order valence-electron chi connectivity index (χ0n) is 16.6. The van der Waals surface area contributed by atoms with E-state index in [2.05, 4.69) is 20.4 Å². The summed E-state index contributed by atoms with van der Waals surface area (Å²) >= 11 is 0. The van der Waals surface area contributed by atoms with Crippen molar-refractivity contribution in [3.8, 4) is 0 Å². The van der Waals surface area contributed by atoms with E-state index in [1.165, 1.54) is 0 Å². The summed E-state index contributed by atoms with van der Waals surface area (Å²) in [4.78, 5) is 12.6. The molecule has 0 aromatic heterocycles. The molecule has 0 amide bonds. The number of hydrogen-bond donors (Lipinski definition) is 2. The third-order valence-corrected chi connectivity index (χ3v) is 8.95. The SMILES string of the molecule is C=C1C[C@@H]2[C@H](CC[C@@]3(C)[C@H]2CC[C@]3(C)O)[C@@]2(C)C/C(=C/O)C(=O)C(C)=C12. The Balaban J connectivity index is 1.81. The Bertz CT molecular complexity index is 755. The molecule has 26 heavy (non-hydrogen) atoms. The average molecular weight is 357 g/mol. The van der Waals surface area contributed by atoms with Gasteiger partial charge in [-0.05, 0) is 81.1 Å². The number of allylic oxidation sites excluding steroid dienone is 3. The highest BCUT2D eigenvalue weighted by Crippen LogP contribution is 2.68. The molecule has 0 unspecified atom stereocenters. The topological polar surface area (TPSA) is 57.5 Å². The molecular weight excluding hydrogens is 324 g/mol. The van der Waals surface area contributed by atoms with Gasteiger partial charge in [0.1, 0.15) is 0 Å². The Hall–Kier alpha value is -1.35. The normalized spacial score (nSPS) is 49.9. The molecule has 2 N–H and O–H groups in total. The van der Waals surface area contributed by atoms with Crippen molar-refractivity contribution in [1.82, 2.24) is 0 Å². The number of aliphatic hydroxyl groups is 2. The molecule has 0 aromatic carbocycles. The van der Waals surface area contributed by atoms with E-state index < -0.39 is 5.60 Å². The van der Waals surface area contributed by atoms with Crippen molar-refractivity contribution in [3.63, 3.8) is 0 Å². The Morgan fingerprint density at radius 3 is 2.46 bits per heavy atom. The monoisotopic (exact) mass is 356 g/mol. The largest absolute Gasteiger partial charge is 0.515 e. The molecule has 3 saturated carbocycles. The molecule has 0 radical (unpaired) electrons. The fraction of sp³-hybridized carbons (Fsp3) is 0.696. The predicted molar refractivity (Wildman–Crippen MR) is 103 cm³/mol. The first-order chi connectivity index (χ1) is 12.1. The first-order valence-electron chi connectivity index (χ1n) is 10.1. The van der Waals surface area contributed by atoms with Gasteiger partial charge in [-0.1, -0.05) is 26.0 Å². The second-order valence-corrected chi connectivity index (χ2v) is 10.0. The van der Waals surface area contributed by atoms with Crippen LogP contribution in [0.25, 0.3) is 0 Å². The molecule has 6 atom stereocenters. The third kappa shape index (κ3) is 2.01. The number of aliphatic hydroxyl groups excluding tert-OH is 1. The van der Waals surface area contributed by atoms with Gasteiger partial charge in [-0.3, -0.25) is 4.79 Å². The molecule has 3 heteroatoms. The van der Waals surface area contributed by atoms with Gasteiger partial charge >= 0.3 is 0 Å². The number of rotatable bonds is 0. The highest BCUT2D eigenvalue weighted by Gasteiger charge is 2.63. The lowest BCUT2D eigenvalue weighted by Gasteiger charge is -2.59. The van der Waals surface area contributed by atoms with Gasteiger partial charge in [-0.15, -0.1) is 0 Å². The van der Waals surface area contributed by atoms with Gasteiger partial charge in [0.05, 0.1) is 11.9 Å². The van der Waals surface area contributed by atoms with E-state index in [4.69, 9.17) is 0 Å². The Morgan fingerprint density at radius 1 is 1.15 bits per heavy atom. The van der Waals surface area contributed by atoms with Crippen molar-refractivity contribution in [2.24, 2.45) is 28.6 Å². The summed E-state index contributed by atoms with van der Waals surface area (Å²) in [7, 11) is 0. The number of carbonyl (C=O) groups is 1. The fourth-order valence-corrected chi connectivity index (χ4v) is 7.43. The summed E-state index contributed by atoms with van der Waals surface area (Å²) in [6, 6.07) is 0. The van der Waals surface area contributed by atoms with Crippen LogP contribution in [-0.4, -0.2) is 21.6 Å². The van der Waals surface area contributed by atoms with Crippen molar-refractivity contribution in [3.05, 3.63) is 35.1 Å². The van der Waals surface area contributed by atoms with Crippen LogP contribution in [0.5, 0.6) is 0 Å². The first-order valence-corrected chi connectivity index (χ1v) is 10.1. The molecule has 0 bridgehead atoms. The molecule has 0 aromatic rings. The van der Waals surface area contributed by atoms with Crippen molar-refractivity contribution < 1.29 is 15.0 Å². The smallest absolute Gasteiger partial charge is 0.188 e. The van der Waals surface area contributed by atoms with E-state index in [1.807, 2.05) is 13.8 Å². The summed E-state index contributed by atoms with van der Waals surface area (Å²) in [5.74, 6) is 1.47. The molecular formula is C23H32O3. The number of fused-ring (bicyclic) bond motifs is 5. The zero-order valence-corrected chi connectivity index (χ0v) is 16.6. The summed E-state index contributed by atoms with van der Waals surface area (Å²) in [5, 5.41) is 20.7. The highest BCUT2D eigenvalue weighted by molar-refractivity contribution is 6.10. The van der Waals surface area contributed by atoms with Crippen LogP contribution in [0, 0.1) is 28.6 Å². The lowest BCUT2D eigenvalue weighted by atomic mass is 9.45. The highest BCUT2D eigenvalue weighted by atomic mass is 16.3. The van der Waals surface area contributed by atoms with Crippen LogP contribution < -0.4 is 0 Å². The van der Waals surface area contributed by atoms with Gasteiger partial charge in [-0.25, -0.2) is 0 Å². The van der Waals surface area contributed by atoms with Gasteiger partial charge < -0.3 is 10.2 Å². The van der Waals surface area contributed by atoms with Crippen LogP contribution in [0.1, 0.15) is 66.2 Å². The number of Topliss-reactive ketones (excluding diaryl/α,β-unsaturated/α-hetero) is 1. The van der Waals surface area contributed by atoms with Crippen molar-refractivity contribution in [1.29, 1.82) is 0 Å². The van der Waals surface area contributed by atoms with Crippen LogP contribution >= 0.6 is 0 Å². The minimum atomic E-state index is -0.588. The minimum absolute atomic E-state index is 0.0241. The van der Waals surface area contributed by atoms with E-state index in [9.17, 15) is 15.0 Å². The van der Waals surface area contributed by atoms with E-state index in [0.29, 0.717) is 29.7 Å². The predicted octanol–water partition coefficient (Wildman–Crippen LogP) is 4.88. The summed E-state index contributed by atoms with van der Waals surface area (Å²) in [6.45, 7) is 12.9. The van der Waals surface area contributed by atoms with Gasteiger partial charge in [0.25, 0.3) is 0 Å². The van der Waals surface area contributed by atoms with E-state index in [0.717, 1.165) is 55.1 Å². The van der Waals surface area contributed by atoms with Crippen LogP contribution in [0.4, 0.5) is 0 Å². The zero-order chi connectivity index (χ0) is 19.1. The fourth-order valence-electron chi connectivity index (χ4n) is 7.43. The maximum atomic E-state index is 12.6. The molecule has 4 aliphatic carbocycles. The Kier molecular flexibility index (Phi) is 3.71. The Labute approximate surface area is 156 Å². The van der Waals surface area contributed by atoms with Gasteiger partial charge in [0.2, 0.25) is 0 Å².